The molecule has 1 aliphatic heterocycles. The number of hydrogen-bond acceptors (Lipinski definition) is 4. The molecule has 0 saturated heterocycles. The second-order valence-corrected chi connectivity index (χ2v) is 5.25. The van der Waals surface area contributed by atoms with Crippen molar-refractivity contribution in [1.29, 1.82) is 0 Å². The van der Waals surface area contributed by atoms with Crippen LogP contribution in [0, 0.1) is 6.92 Å². The van der Waals surface area contributed by atoms with Gasteiger partial charge in [0, 0.05) is 17.1 Å². The van der Waals surface area contributed by atoms with Crippen LogP contribution in [0.4, 0.5) is 0 Å². The SMILES string of the molecule is COc1ccc2cnc(-c3ccc4c(c3)OCO4)c(C)c2c1. The molecule has 4 rings (SSSR count). The third-order valence-corrected chi connectivity index (χ3v) is 4.00. The molecule has 4 nitrogen and oxygen atoms in total. The summed E-state index contributed by atoms with van der Waals surface area (Å²) in [5.74, 6) is 2.40. The van der Waals surface area contributed by atoms with E-state index in [0.717, 1.165) is 44.8 Å². The van der Waals surface area contributed by atoms with Crippen LogP contribution in [-0.4, -0.2) is 18.9 Å². The summed E-state index contributed by atoms with van der Waals surface area (Å²) in [4.78, 5) is 4.62. The van der Waals surface area contributed by atoms with Gasteiger partial charge in [0.1, 0.15) is 5.75 Å². The molecule has 0 unspecified atom stereocenters. The normalized spacial score (nSPS) is 12.6. The number of ether oxygens (including phenoxy) is 3. The smallest absolute Gasteiger partial charge is 0.231 e. The third-order valence-electron chi connectivity index (χ3n) is 4.00. The number of aromatic nitrogens is 1. The summed E-state index contributed by atoms with van der Waals surface area (Å²) < 4.78 is 16.1. The van der Waals surface area contributed by atoms with Crippen molar-refractivity contribution in [2.45, 2.75) is 6.92 Å². The van der Waals surface area contributed by atoms with Crippen LogP contribution in [-0.2, 0) is 0 Å². The highest BCUT2D eigenvalue weighted by Crippen LogP contribution is 2.37. The fourth-order valence-electron chi connectivity index (χ4n) is 2.79. The van der Waals surface area contributed by atoms with Gasteiger partial charge in [-0.25, -0.2) is 0 Å². The van der Waals surface area contributed by atoms with E-state index in [1.165, 1.54) is 0 Å². The van der Waals surface area contributed by atoms with E-state index in [1.807, 2.05) is 42.6 Å². The van der Waals surface area contributed by atoms with Gasteiger partial charge in [0.05, 0.1) is 12.8 Å². The van der Waals surface area contributed by atoms with Crippen molar-refractivity contribution in [3.8, 4) is 28.5 Å². The maximum Gasteiger partial charge on any atom is 0.231 e. The molecule has 0 spiro atoms. The van der Waals surface area contributed by atoms with Crippen molar-refractivity contribution >= 4 is 10.8 Å². The maximum atomic E-state index is 5.45. The first-order valence-electron chi connectivity index (χ1n) is 7.09. The molecular formula is C18H15NO3. The zero-order valence-electron chi connectivity index (χ0n) is 12.4. The average molecular weight is 293 g/mol. The van der Waals surface area contributed by atoms with Crippen LogP contribution in [0.3, 0.4) is 0 Å². The Balaban J connectivity index is 1.89. The quantitative estimate of drug-likeness (QED) is 0.717. The zero-order valence-corrected chi connectivity index (χ0v) is 12.4. The summed E-state index contributed by atoms with van der Waals surface area (Å²) in [6.07, 6.45) is 1.89. The van der Waals surface area contributed by atoms with Crippen LogP contribution < -0.4 is 14.2 Å². The number of aryl methyl sites for hydroxylation is 1. The Bertz CT molecular complexity index is 874. The van der Waals surface area contributed by atoms with E-state index in [4.69, 9.17) is 14.2 Å². The summed E-state index contributed by atoms with van der Waals surface area (Å²) in [5, 5.41) is 2.24. The number of rotatable bonds is 2. The van der Waals surface area contributed by atoms with Crippen LogP contribution in [0.25, 0.3) is 22.0 Å². The molecule has 0 bridgehead atoms. The lowest BCUT2D eigenvalue weighted by Gasteiger charge is -2.10. The molecule has 2 aromatic carbocycles. The van der Waals surface area contributed by atoms with Crippen LogP contribution in [0.15, 0.2) is 42.6 Å². The summed E-state index contributed by atoms with van der Waals surface area (Å²) >= 11 is 0. The summed E-state index contributed by atoms with van der Waals surface area (Å²) in [5.41, 5.74) is 3.08. The second kappa shape index (κ2) is 4.91. The van der Waals surface area contributed by atoms with Crippen molar-refractivity contribution in [2.24, 2.45) is 0 Å². The number of benzene rings is 2. The lowest BCUT2D eigenvalue weighted by Crippen LogP contribution is -1.93. The molecule has 0 amide bonds. The molecule has 0 saturated carbocycles. The van der Waals surface area contributed by atoms with Crippen LogP contribution in [0.2, 0.25) is 0 Å². The first-order chi connectivity index (χ1) is 10.8. The van der Waals surface area contributed by atoms with Gasteiger partial charge in [0.25, 0.3) is 0 Å². The number of methoxy groups -OCH3 is 1. The summed E-state index contributed by atoms with van der Waals surface area (Å²) in [6, 6.07) is 11.9. The van der Waals surface area contributed by atoms with Gasteiger partial charge in [-0.1, -0.05) is 0 Å². The molecule has 0 radical (unpaired) electrons. The molecule has 1 aromatic heterocycles. The predicted octanol–water partition coefficient (Wildman–Crippen LogP) is 3.95. The van der Waals surface area contributed by atoms with E-state index in [2.05, 4.69) is 11.9 Å². The molecule has 3 aromatic rings. The van der Waals surface area contributed by atoms with Gasteiger partial charge in [-0.2, -0.15) is 0 Å². The third kappa shape index (κ3) is 1.96. The van der Waals surface area contributed by atoms with Crippen LogP contribution >= 0.6 is 0 Å². The number of nitrogens with zero attached hydrogens (tertiary/aromatic N) is 1. The van der Waals surface area contributed by atoms with Crippen molar-refractivity contribution in [3.63, 3.8) is 0 Å². The highest BCUT2D eigenvalue weighted by molar-refractivity contribution is 5.90. The lowest BCUT2D eigenvalue weighted by atomic mass is 10.0. The molecular weight excluding hydrogens is 278 g/mol. The first kappa shape index (κ1) is 13.0. The fourth-order valence-corrected chi connectivity index (χ4v) is 2.79. The minimum Gasteiger partial charge on any atom is -0.497 e. The van der Waals surface area contributed by atoms with Crippen molar-refractivity contribution in [1.82, 2.24) is 4.98 Å². The topological polar surface area (TPSA) is 40.6 Å². The Hall–Kier alpha value is -2.75. The standard InChI is InChI=1S/C18H15NO3/c1-11-15-8-14(20-2)5-3-13(15)9-19-18(11)12-4-6-16-17(7-12)22-10-21-16/h3-9H,10H2,1-2H3. The molecule has 0 atom stereocenters. The Labute approximate surface area is 128 Å². The predicted molar refractivity (Wildman–Crippen MR) is 84.6 cm³/mol. The van der Waals surface area contributed by atoms with Gasteiger partial charge in [-0.05, 0) is 54.3 Å². The zero-order chi connectivity index (χ0) is 15.1. The Morgan fingerprint density at radius 1 is 1.05 bits per heavy atom. The molecule has 22 heavy (non-hydrogen) atoms. The molecule has 2 heterocycles. The Kier molecular flexibility index (Phi) is 2.89. The largest absolute Gasteiger partial charge is 0.497 e. The minimum atomic E-state index is 0.278. The molecule has 0 aliphatic carbocycles. The van der Waals surface area contributed by atoms with E-state index in [-0.39, 0.29) is 6.79 Å². The molecule has 0 N–H and O–H groups in total. The second-order valence-electron chi connectivity index (χ2n) is 5.25. The van der Waals surface area contributed by atoms with Crippen LogP contribution in [0.5, 0.6) is 17.2 Å². The van der Waals surface area contributed by atoms with Gasteiger partial charge < -0.3 is 14.2 Å². The van der Waals surface area contributed by atoms with E-state index in [0.29, 0.717) is 0 Å². The highest BCUT2D eigenvalue weighted by atomic mass is 16.7. The molecule has 110 valence electrons. The molecule has 1 aliphatic rings. The van der Waals surface area contributed by atoms with Crippen molar-refractivity contribution in [2.75, 3.05) is 13.9 Å². The van der Waals surface area contributed by atoms with Gasteiger partial charge in [-0.3, -0.25) is 4.98 Å². The van der Waals surface area contributed by atoms with Crippen molar-refractivity contribution < 1.29 is 14.2 Å². The minimum absolute atomic E-state index is 0.278. The summed E-state index contributed by atoms with van der Waals surface area (Å²) in [6.45, 7) is 2.36. The van der Waals surface area contributed by atoms with Gasteiger partial charge in [0.2, 0.25) is 6.79 Å². The molecule has 4 heteroatoms. The Morgan fingerprint density at radius 2 is 1.91 bits per heavy atom. The first-order valence-corrected chi connectivity index (χ1v) is 7.09. The van der Waals surface area contributed by atoms with Crippen molar-refractivity contribution in [3.05, 3.63) is 48.2 Å². The van der Waals surface area contributed by atoms with E-state index in [9.17, 15) is 0 Å². The maximum absolute atomic E-state index is 5.45. The van der Waals surface area contributed by atoms with Gasteiger partial charge >= 0.3 is 0 Å². The fraction of sp³-hybridized carbons (Fsp3) is 0.167. The number of pyridine rings is 1. The monoisotopic (exact) mass is 293 g/mol. The highest BCUT2D eigenvalue weighted by Gasteiger charge is 2.16. The number of fused-ring (bicyclic) bond motifs is 2. The molecule has 0 fully saturated rings. The van der Waals surface area contributed by atoms with Gasteiger partial charge in [0.15, 0.2) is 11.5 Å². The van der Waals surface area contributed by atoms with E-state index < -0.39 is 0 Å². The average Bonchev–Trinajstić information content (AvgIpc) is 3.02. The summed E-state index contributed by atoms with van der Waals surface area (Å²) in [7, 11) is 1.68. The van der Waals surface area contributed by atoms with Gasteiger partial charge in [-0.15, -0.1) is 0 Å². The van der Waals surface area contributed by atoms with Crippen LogP contribution in [0.1, 0.15) is 5.56 Å². The number of hydrogen-bond donors (Lipinski definition) is 0. The lowest BCUT2D eigenvalue weighted by molar-refractivity contribution is 0.174. The van der Waals surface area contributed by atoms with E-state index in [1.54, 1.807) is 7.11 Å². The van der Waals surface area contributed by atoms with E-state index >= 15 is 0 Å². The Morgan fingerprint density at radius 3 is 2.77 bits per heavy atom.